The summed E-state index contributed by atoms with van der Waals surface area (Å²) in [5.41, 5.74) is 5.21. The fraction of sp³-hybridized carbons (Fsp3) is 0.321. The van der Waals surface area contributed by atoms with Crippen molar-refractivity contribution in [3.05, 3.63) is 71.3 Å². The van der Waals surface area contributed by atoms with Crippen LogP contribution in [0, 0.1) is 5.82 Å². The van der Waals surface area contributed by atoms with Gasteiger partial charge in [0, 0.05) is 56.1 Å². The molecule has 10 heteroatoms. The lowest BCUT2D eigenvalue weighted by Gasteiger charge is -2.36. The molecule has 1 aromatic carbocycles. The standard InChI is InChI=1S/C28H29FN6O3/c1-3-37-11-9-17-4-7-24(33-28(17)38-19-15-34(2)16-19)32-22-6-5-20(21-13-31-27(36)26(21)22)23-14-30-25-12-18(29)8-10-35(23)25/h4-8,10,12,14,19H,3,9,11,13,15-16H2,1-2H3,(H,31,36)(H,32,33). The normalized spacial score (nSPS) is 15.4. The van der Waals surface area contributed by atoms with Gasteiger partial charge >= 0.3 is 0 Å². The first-order valence-electron chi connectivity index (χ1n) is 12.8. The maximum atomic E-state index is 13.7. The van der Waals surface area contributed by atoms with Gasteiger partial charge < -0.3 is 20.1 Å². The summed E-state index contributed by atoms with van der Waals surface area (Å²) in [6, 6.07) is 10.5. The van der Waals surface area contributed by atoms with Crippen LogP contribution in [0.3, 0.4) is 0 Å². The number of halogens is 1. The molecule has 2 aliphatic rings. The van der Waals surface area contributed by atoms with Crippen molar-refractivity contribution in [2.45, 2.75) is 26.0 Å². The molecule has 9 nitrogen and oxygen atoms in total. The van der Waals surface area contributed by atoms with E-state index in [0.29, 0.717) is 54.8 Å². The number of ether oxygens (including phenoxy) is 2. The number of likely N-dealkylation sites (tertiary alicyclic amines) is 1. The van der Waals surface area contributed by atoms with Gasteiger partial charge in [0.1, 0.15) is 23.4 Å². The first-order chi connectivity index (χ1) is 18.5. The van der Waals surface area contributed by atoms with Crippen LogP contribution in [0.15, 0.2) is 48.8 Å². The molecule has 0 spiro atoms. The van der Waals surface area contributed by atoms with Gasteiger partial charge in [0.15, 0.2) is 0 Å². The number of pyridine rings is 2. The number of amides is 1. The maximum Gasteiger partial charge on any atom is 0.254 e. The molecule has 1 amide bonds. The number of carbonyl (C=O) groups excluding carboxylic acids is 1. The highest BCUT2D eigenvalue weighted by molar-refractivity contribution is 6.06. The Morgan fingerprint density at radius 2 is 2.08 bits per heavy atom. The van der Waals surface area contributed by atoms with E-state index >= 15 is 0 Å². The third kappa shape index (κ3) is 4.57. The van der Waals surface area contributed by atoms with Crippen molar-refractivity contribution in [2.24, 2.45) is 0 Å². The number of imidazole rings is 1. The zero-order valence-corrected chi connectivity index (χ0v) is 21.3. The molecule has 2 aliphatic heterocycles. The molecule has 2 N–H and O–H groups in total. The molecule has 0 bridgehead atoms. The van der Waals surface area contributed by atoms with Crippen molar-refractivity contribution < 1.29 is 18.7 Å². The van der Waals surface area contributed by atoms with Crippen LogP contribution in [-0.2, 0) is 17.7 Å². The van der Waals surface area contributed by atoms with E-state index in [2.05, 4.69) is 27.6 Å². The van der Waals surface area contributed by atoms with Gasteiger partial charge in [-0.1, -0.05) is 6.07 Å². The van der Waals surface area contributed by atoms with E-state index in [9.17, 15) is 9.18 Å². The molecular weight excluding hydrogens is 487 g/mol. The van der Waals surface area contributed by atoms with Crippen LogP contribution in [0.1, 0.15) is 28.4 Å². The van der Waals surface area contributed by atoms with Crippen LogP contribution in [0.5, 0.6) is 5.88 Å². The van der Waals surface area contributed by atoms with Gasteiger partial charge in [-0.25, -0.2) is 9.37 Å². The third-order valence-corrected chi connectivity index (χ3v) is 6.95. The van der Waals surface area contributed by atoms with Crippen molar-refractivity contribution in [2.75, 3.05) is 38.7 Å². The Bertz CT molecular complexity index is 1510. The average molecular weight is 517 g/mol. The highest BCUT2D eigenvalue weighted by atomic mass is 19.1. The summed E-state index contributed by atoms with van der Waals surface area (Å²) in [7, 11) is 2.06. The van der Waals surface area contributed by atoms with Gasteiger partial charge in [0.2, 0.25) is 5.88 Å². The summed E-state index contributed by atoms with van der Waals surface area (Å²) in [6.07, 6.45) is 4.15. The van der Waals surface area contributed by atoms with Crippen molar-refractivity contribution in [1.29, 1.82) is 0 Å². The number of rotatable bonds is 9. The van der Waals surface area contributed by atoms with Crippen LogP contribution in [0.4, 0.5) is 15.9 Å². The van der Waals surface area contributed by atoms with Gasteiger partial charge in [-0.15, -0.1) is 0 Å². The monoisotopic (exact) mass is 516 g/mol. The first-order valence-corrected chi connectivity index (χ1v) is 12.8. The number of nitrogens with one attached hydrogen (secondary N) is 2. The SMILES string of the molecule is CCOCCc1ccc(Nc2ccc(-c3cnc4cc(F)ccn34)c3c2C(=O)NC3)nc1OC1CN(C)C1. The summed E-state index contributed by atoms with van der Waals surface area (Å²) in [4.78, 5) is 24.2. The quantitative estimate of drug-likeness (QED) is 0.327. The smallest absolute Gasteiger partial charge is 0.254 e. The Balaban J connectivity index is 1.32. The largest absolute Gasteiger partial charge is 0.471 e. The van der Waals surface area contributed by atoms with E-state index in [1.54, 1.807) is 12.4 Å². The van der Waals surface area contributed by atoms with E-state index < -0.39 is 0 Å². The van der Waals surface area contributed by atoms with Crippen LogP contribution < -0.4 is 15.4 Å². The molecule has 38 heavy (non-hydrogen) atoms. The second kappa shape index (κ2) is 10.0. The second-order valence-electron chi connectivity index (χ2n) is 9.61. The molecule has 6 rings (SSSR count). The Kier molecular flexibility index (Phi) is 6.42. The summed E-state index contributed by atoms with van der Waals surface area (Å²) in [6.45, 7) is 5.33. The molecule has 1 saturated heterocycles. The molecule has 0 unspecified atom stereocenters. The molecule has 1 fully saturated rings. The lowest BCUT2D eigenvalue weighted by Crippen LogP contribution is -2.51. The van der Waals surface area contributed by atoms with E-state index in [-0.39, 0.29) is 17.8 Å². The highest BCUT2D eigenvalue weighted by Crippen LogP contribution is 2.36. The summed E-state index contributed by atoms with van der Waals surface area (Å²) < 4.78 is 27.3. The summed E-state index contributed by atoms with van der Waals surface area (Å²) >= 11 is 0. The number of hydrogen-bond acceptors (Lipinski definition) is 7. The zero-order valence-electron chi connectivity index (χ0n) is 21.3. The Morgan fingerprint density at radius 1 is 1.21 bits per heavy atom. The minimum absolute atomic E-state index is 0.0989. The first kappa shape index (κ1) is 24.3. The third-order valence-electron chi connectivity index (χ3n) is 6.95. The Labute approximate surface area is 219 Å². The minimum atomic E-state index is -0.347. The number of hydrogen-bond donors (Lipinski definition) is 2. The second-order valence-corrected chi connectivity index (χ2v) is 9.61. The van der Waals surface area contributed by atoms with E-state index in [4.69, 9.17) is 14.5 Å². The highest BCUT2D eigenvalue weighted by Gasteiger charge is 2.28. The molecule has 0 radical (unpaired) electrons. The van der Waals surface area contributed by atoms with Crippen LogP contribution in [-0.4, -0.2) is 64.6 Å². The lowest BCUT2D eigenvalue weighted by atomic mass is 9.99. The summed E-state index contributed by atoms with van der Waals surface area (Å²) in [5, 5.41) is 6.27. The molecule has 0 saturated carbocycles. The van der Waals surface area contributed by atoms with Crippen molar-refractivity contribution in [1.82, 2.24) is 24.6 Å². The molecule has 3 aromatic heterocycles. The fourth-order valence-electron chi connectivity index (χ4n) is 5.02. The number of nitrogens with zero attached hydrogens (tertiary/aromatic N) is 4. The van der Waals surface area contributed by atoms with Gasteiger partial charge in [0.25, 0.3) is 5.91 Å². The van der Waals surface area contributed by atoms with Gasteiger partial charge in [-0.2, -0.15) is 4.98 Å². The van der Waals surface area contributed by atoms with Crippen molar-refractivity contribution >= 4 is 23.1 Å². The minimum Gasteiger partial charge on any atom is -0.471 e. The van der Waals surface area contributed by atoms with Crippen LogP contribution in [0.25, 0.3) is 16.9 Å². The summed E-state index contributed by atoms with van der Waals surface area (Å²) in [5.74, 6) is 0.670. The lowest BCUT2D eigenvalue weighted by molar-refractivity contribution is 0.0346. The van der Waals surface area contributed by atoms with Crippen molar-refractivity contribution in [3.8, 4) is 17.1 Å². The van der Waals surface area contributed by atoms with Crippen LogP contribution in [0.2, 0.25) is 0 Å². The number of likely N-dealkylation sites (N-methyl/N-ethyl adjacent to an activating group) is 1. The Hall–Kier alpha value is -4.02. The van der Waals surface area contributed by atoms with Gasteiger partial charge in [0.05, 0.1) is 29.7 Å². The molecule has 5 heterocycles. The zero-order chi connectivity index (χ0) is 26.2. The molecule has 196 valence electrons. The molecular formula is C28H29FN6O3. The number of aromatic nitrogens is 3. The fourth-order valence-corrected chi connectivity index (χ4v) is 5.02. The number of fused-ring (bicyclic) bond motifs is 2. The van der Waals surface area contributed by atoms with E-state index in [1.165, 1.54) is 12.1 Å². The molecule has 0 atom stereocenters. The average Bonchev–Trinajstić information content (AvgIpc) is 3.48. The number of benzene rings is 1. The molecule has 0 aliphatic carbocycles. The molecule has 4 aromatic rings. The predicted molar refractivity (Wildman–Crippen MR) is 141 cm³/mol. The van der Waals surface area contributed by atoms with E-state index in [1.807, 2.05) is 35.6 Å². The van der Waals surface area contributed by atoms with Gasteiger partial charge in [-0.3, -0.25) is 14.1 Å². The predicted octanol–water partition coefficient (Wildman–Crippen LogP) is 3.79. The topological polar surface area (TPSA) is 93.0 Å². The Morgan fingerprint density at radius 3 is 2.89 bits per heavy atom. The number of carbonyl (C=O) groups is 1. The van der Waals surface area contributed by atoms with E-state index in [0.717, 1.165) is 35.5 Å². The maximum absolute atomic E-state index is 13.7. The number of anilines is 2. The van der Waals surface area contributed by atoms with Crippen molar-refractivity contribution in [3.63, 3.8) is 0 Å². The van der Waals surface area contributed by atoms with Gasteiger partial charge in [-0.05, 0) is 43.8 Å². The van der Waals surface area contributed by atoms with Crippen LogP contribution >= 0.6 is 0 Å².